The molecule has 2 N–H and O–H groups in total. The van der Waals surface area contributed by atoms with Gasteiger partial charge in [-0.3, -0.25) is 4.79 Å². The van der Waals surface area contributed by atoms with Crippen molar-refractivity contribution in [1.29, 1.82) is 0 Å². The Kier molecular flexibility index (Phi) is 5.49. The van der Waals surface area contributed by atoms with Crippen LogP contribution in [0.5, 0.6) is 0 Å². The average molecular weight is 310 g/mol. The number of aryl methyl sites for hydroxylation is 1. The molecule has 0 fully saturated rings. The molecule has 2 aromatic rings. The van der Waals surface area contributed by atoms with Gasteiger partial charge in [0.2, 0.25) is 0 Å². The van der Waals surface area contributed by atoms with Gasteiger partial charge in [0.1, 0.15) is 5.82 Å². The van der Waals surface area contributed by atoms with Gasteiger partial charge in [-0.25, -0.2) is 4.98 Å². The highest BCUT2D eigenvalue weighted by Gasteiger charge is 2.10. The van der Waals surface area contributed by atoms with E-state index in [0.29, 0.717) is 17.1 Å². The molecule has 1 aromatic heterocycles. The summed E-state index contributed by atoms with van der Waals surface area (Å²) in [5, 5.41) is 3.36. The number of thioether (sulfide) groups is 1. The van der Waals surface area contributed by atoms with E-state index in [9.17, 15) is 4.79 Å². The van der Waals surface area contributed by atoms with Crippen LogP contribution in [0, 0.1) is 0 Å². The first-order valence-electron chi connectivity index (χ1n) is 6.30. The SMILES string of the molecule is CSc1ccc(Cl)c(C(=O)NCCCc2ncc[nH]2)c1. The Morgan fingerprint density at radius 1 is 1.50 bits per heavy atom. The number of aromatic amines is 1. The second-order valence-electron chi connectivity index (χ2n) is 4.24. The zero-order chi connectivity index (χ0) is 14.4. The van der Waals surface area contributed by atoms with E-state index in [2.05, 4.69) is 15.3 Å². The fourth-order valence-corrected chi connectivity index (χ4v) is 2.44. The summed E-state index contributed by atoms with van der Waals surface area (Å²) in [6, 6.07) is 5.47. The average Bonchev–Trinajstić information content (AvgIpc) is 2.97. The van der Waals surface area contributed by atoms with E-state index < -0.39 is 0 Å². The van der Waals surface area contributed by atoms with Crippen molar-refractivity contribution in [3.63, 3.8) is 0 Å². The predicted molar refractivity (Wildman–Crippen MR) is 82.5 cm³/mol. The minimum absolute atomic E-state index is 0.134. The maximum Gasteiger partial charge on any atom is 0.252 e. The molecule has 6 heteroatoms. The fraction of sp³-hybridized carbons (Fsp3) is 0.286. The number of imidazole rings is 1. The summed E-state index contributed by atoms with van der Waals surface area (Å²) in [6.07, 6.45) is 7.13. The molecule has 1 heterocycles. The summed E-state index contributed by atoms with van der Waals surface area (Å²) in [4.78, 5) is 20.3. The van der Waals surface area contributed by atoms with Crippen molar-refractivity contribution in [1.82, 2.24) is 15.3 Å². The van der Waals surface area contributed by atoms with Crippen molar-refractivity contribution >= 4 is 29.3 Å². The van der Waals surface area contributed by atoms with Crippen LogP contribution >= 0.6 is 23.4 Å². The quantitative estimate of drug-likeness (QED) is 0.636. The molecule has 106 valence electrons. The Labute approximate surface area is 127 Å². The second kappa shape index (κ2) is 7.36. The van der Waals surface area contributed by atoms with Crippen molar-refractivity contribution in [2.24, 2.45) is 0 Å². The summed E-state index contributed by atoms with van der Waals surface area (Å²) >= 11 is 7.64. The Bertz CT molecular complexity index is 572. The molecule has 0 aliphatic heterocycles. The van der Waals surface area contributed by atoms with Crippen molar-refractivity contribution in [2.75, 3.05) is 12.8 Å². The minimum atomic E-state index is -0.134. The van der Waals surface area contributed by atoms with Gasteiger partial charge in [-0.05, 0) is 30.9 Å². The number of aromatic nitrogens is 2. The van der Waals surface area contributed by atoms with Crippen molar-refractivity contribution in [3.05, 3.63) is 47.0 Å². The summed E-state index contributed by atoms with van der Waals surface area (Å²) in [5.41, 5.74) is 0.525. The Balaban J connectivity index is 1.85. The first kappa shape index (κ1) is 14.9. The molecule has 0 aliphatic rings. The smallest absolute Gasteiger partial charge is 0.252 e. The standard InChI is InChI=1S/C14H16ClN3OS/c1-20-10-4-5-12(15)11(9-10)14(19)18-6-2-3-13-16-7-8-17-13/h4-5,7-9H,2-3,6H2,1H3,(H,16,17)(H,18,19). The number of carbonyl (C=O) groups is 1. The largest absolute Gasteiger partial charge is 0.352 e. The van der Waals surface area contributed by atoms with Gasteiger partial charge in [-0.15, -0.1) is 11.8 Å². The molecule has 1 amide bonds. The van der Waals surface area contributed by atoms with E-state index >= 15 is 0 Å². The molecule has 1 aromatic carbocycles. The number of rotatable bonds is 6. The number of amides is 1. The van der Waals surface area contributed by atoms with E-state index in [1.165, 1.54) is 0 Å². The monoisotopic (exact) mass is 309 g/mol. The third-order valence-electron chi connectivity index (χ3n) is 2.85. The van der Waals surface area contributed by atoms with E-state index in [1.54, 1.807) is 30.2 Å². The second-order valence-corrected chi connectivity index (χ2v) is 5.53. The van der Waals surface area contributed by atoms with E-state index in [1.807, 2.05) is 18.4 Å². The highest BCUT2D eigenvalue weighted by molar-refractivity contribution is 7.98. The lowest BCUT2D eigenvalue weighted by Crippen LogP contribution is -2.25. The lowest BCUT2D eigenvalue weighted by molar-refractivity contribution is 0.0953. The Morgan fingerprint density at radius 3 is 3.05 bits per heavy atom. The Morgan fingerprint density at radius 2 is 2.35 bits per heavy atom. The number of benzene rings is 1. The number of halogens is 1. The Hall–Kier alpha value is -1.46. The number of H-pyrrole nitrogens is 1. The van der Waals surface area contributed by atoms with Crippen LogP contribution in [0.25, 0.3) is 0 Å². The van der Waals surface area contributed by atoms with Gasteiger partial charge >= 0.3 is 0 Å². The summed E-state index contributed by atoms with van der Waals surface area (Å²) in [7, 11) is 0. The zero-order valence-electron chi connectivity index (χ0n) is 11.1. The van der Waals surface area contributed by atoms with Gasteiger partial charge in [-0.1, -0.05) is 11.6 Å². The molecule has 0 unspecified atom stereocenters. The summed E-state index contributed by atoms with van der Waals surface area (Å²) in [5.74, 6) is 0.798. The highest BCUT2D eigenvalue weighted by atomic mass is 35.5. The predicted octanol–water partition coefficient (Wildman–Crippen LogP) is 3.15. The van der Waals surface area contributed by atoms with Crippen LogP contribution in [0.3, 0.4) is 0 Å². The van der Waals surface area contributed by atoms with E-state index in [4.69, 9.17) is 11.6 Å². The lowest BCUT2D eigenvalue weighted by atomic mass is 10.2. The first-order chi connectivity index (χ1) is 9.70. The first-order valence-corrected chi connectivity index (χ1v) is 7.91. The van der Waals surface area contributed by atoms with Crippen LogP contribution < -0.4 is 5.32 Å². The molecule has 0 saturated heterocycles. The normalized spacial score (nSPS) is 10.5. The molecular weight excluding hydrogens is 294 g/mol. The van der Waals surface area contributed by atoms with Gasteiger partial charge in [0.25, 0.3) is 5.91 Å². The van der Waals surface area contributed by atoms with Gasteiger partial charge in [-0.2, -0.15) is 0 Å². The van der Waals surface area contributed by atoms with Gasteiger partial charge in [0.15, 0.2) is 0 Å². The number of nitrogens with one attached hydrogen (secondary N) is 2. The summed E-state index contributed by atoms with van der Waals surface area (Å²) < 4.78 is 0. The minimum Gasteiger partial charge on any atom is -0.352 e. The molecular formula is C14H16ClN3OS. The molecule has 2 rings (SSSR count). The maximum atomic E-state index is 12.1. The number of carbonyl (C=O) groups excluding carboxylic acids is 1. The zero-order valence-corrected chi connectivity index (χ0v) is 12.7. The number of nitrogens with zero attached hydrogens (tertiary/aromatic N) is 1. The van der Waals surface area contributed by atoms with Gasteiger partial charge < -0.3 is 10.3 Å². The maximum absolute atomic E-state index is 12.1. The molecule has 4 nitrogen and oxygen atoms in total. The van der Waals surface area contributed by atoms with E-state index in [-0.39, 0.29) is 5.91 Å². The van der Waals surface area contributed by atoms with Gasteiger partial charge in [0.05, 0.1) is 10.6 Å². The van der Waals surface area contributed by atoms with Crippen LogP contribution in [0.15, 0.2) is 35.5 Å². The molecule has 0 saturated carbocycles. The van der Waals surface area contributed by atoms with Crippen molar-refractivity contribution in [2.45, 2.75) is 17.7 Å². The van der Waals surface area contributed by atoms with Crippen molar-refractivity contribution < 1.29 is 4.79 Å². The summed E-state index contributed by atoms with van der Waals surface area (Å²) in [6.45, 7) is 0.597. The number of hydrogen-bond donors (Lipinski definition) is 2. The third-order valence-corrected chi connectivity index (χ3v) is 3.90. The molecule has 0 spiro atoms. The molecule has 0 aliphatic carbocycles. The van der Waals surface area contributed by atoms with Crippen LogP contribution in [-0.4, -0.2) is 28.7 Å². The van der Waals surface area contributed by atoms with E-state index in [0.717, 1.165) is 23.6 Å². The molecule has 0 atom stereocenters. The number of hydrogen-bond acceptors (Lipinski definition) is 3. The van der Waals surface area contributed by atoms with Crippen LogP contribution in [-0.2, 0) is 6.42 Å². The van der Waals surface area contributed by atoms with Crippen molar-refractivity contribution in [3.8, 4) is 0 Å². The third kappa shape index (κ3) is 4.02. The van der Waals surface area contributed by atoms with Crippen LogP contribution in [0.2, 0.25) is 5.02 Å². The highest BCUT2D eigenvalue weighted by Crippen LogP contribution is 2.22. The fourth-order valence-electron chi connectivity index (χ4n) is 1.79. The van der Waals surface area contributed by atoms with Crippen LogP contribution in [0.1, 0.15) is 22.6 Å². The molecule has 0 bridgehead atoms. The van der Waals surface area contributed by atoms with Gasteiger partial charge in [0, 0.05) is 30.3 Å². The molecule has 20 heavy (non-hydrogen) atoms. The topological polar surface area (TPSA) is 57.8 Å². The lowest BCUT2D eigenvalue weighted by Gasteiger charge is -2.07. The van der Waals surface area contributed by atoms with Crippen LogP contribution in [0.4, 0.5) is 0 Å². The molecule has 0 radical (unpaired) electrons.